The van der Waals surface area contributed by atoms with E-state index in [4.69, 9.17) is 12.6 Å². The summed E-state index contributed by atoms with van der Waals surface area (Å²) in [6, 6.07) is 0. The number of rotatable bonds is 0. The average Bonchev–Trinajstić information content (AvgIpc) is 1.83. The molecule has 1 heterocycles. The first-order valence-electron chi connectivity index (χ1n) is 2.36. The maximum atomic E-state index is 4.84. The summed E-state index contributed by atoms with van der Waals surface area (Å²) >= 11 is 8.09. The van der Waals surface area contributed by atoms with E-state index in [1.807, 2.05) is 6.92 Å². The van der Waals surface area contributed by atoms with Gasteiger partial charge in [-0.1, -0.05) is 5.03 Å². The molecule has 0 saturated heterocycles. The maximum Gasteiger partial charge on any atom is 0.113 e. The van der Waals surface area contributed by atoms with Gasteiger partial charge in [-0.2, -0.15) is 0 Å². The third kappa shape index (κ3) is 1.37. The summed E-state index contributed by atoms with van der Waals surface area (Å²) in [5.74, 6) is 0. The fraction of sp³-hybridized carbons (Fsp3) is 0.200. The van der Waals surface area contributed by atoms with Crippen molar-refractivity contribution in [3.8, 4) is 0 Å². The van der Waals surface area contributed by atoms with E-state index in [1.165, 1.54) is 6.33 Å². The van der Waals surface area contributed by atoms with Crippen LogP contribution in [-0.2, 0) is 12.6 Å². The first kappa shape index (κ1) is 6.89. The number of aryl methyl sites for hydroxylation is 1. The van der Waals surface area contributed by atoms with Crippen LogP contribution in [-0.4, -0.2) is 9.97 Å². The van der Waals surface area contributed by atoms with Crippen molar-refractivity contribution in [1.29, 1.82) is 0 Å². The van der Waals surface area contributed by atoms with Crippen molar-refractivity contribution in [2.75, 3.05) is 0 Å². The smallest absolute Gasteiger partial charge is 0.113 e. The zero-order chi connectivity index (χ0) is 6.85. The normalized spacial score (nSPS) is 9.56. The summed E-state index contributed by atoms with van der Waals surface area (Å²) in [6.45, 7) is 1.88. The molecule has 9 heavy (non-hydrogen) atoms. The summed E-state index contributed by atoms with van der Waals surface area (Å²) in [6.07, 6.45) is 1.46. The molecule has 0 radical (unpaired) electrons. The van der Waals surface area contributed by atoms with E-state index in [2.05, 4.69) is 25.9 Å². The Balaban J connectivity index is 3.25. The van der Waals surface area contributed by atoms with Crippen LogP contribution in [0, 0.1) is 6.92 Å². The Hall–Kier alpha value is -0.220. The third-order valence-electron chi connectivity index (χ3n) is 0.932. The van der Waals surface area contributed by atoms with E-state index >= 15 is 0 Å². The number of hydrogen-bond acceptors (Lipinski definition) is 3. The number of halogens is 1. The highest BCUT2D eigenvalue weighted by Crippen LogP contribution is 2.15. The predicted molar refractivity (Wildman–Crippen MR) is 40.1 cm³/mol. The molecule has 0 unspecified atom stereocenters. The Morgan fingerprint density at radius 1 is 1.56 bits per heavy atom. The molecule has 1 rings (SSSR count). The Bertz CT molecular complexity index is 206. The van der Waals surface area contributed by atoms with Crippen molar-refractivity contribution < 1.29 is 0 Å². The van der Waals surface area contributed by atoms with Gasteiger partial charge in [-0.15, -0.1) is 0 Å². The number of hydrogen-bond donors (Lipinski definition) is 0. The van der Waals surface area contributed by atoms with Crippen LogP contribution in [0.2, 0.25) is 0 Å². The van der Waals surface area contributed by atoms with E-state index in [-0.39, 0.29) is 0 Å². The van der Waals surface area contributed by atoms with Crippen LogP contribution >= 0.6 is 15.9 Å². The average molecular weight is 204 g/mol. The van der Waals surface area contributed by atoms with Crippen molar-refractivity contribution in [1.82, 2.24) is 9.97 Å². The second-order valence-electron chi connectivity index (χ2n) is 1.58. The molecule has 1 aromatic rings. The lowest BCUT2D eigenvalue weighted by Gasteiger charge is -2.06. The molecule has 2 nitrogen and oxygen atoms in total. The van der Waals surface area contributed by atoms with Gasteiger partial charge < -0.3 is 12.6 Å². The molecule has 0 bridgehead atoms. The van der Waals surface area contributed by atoms with E-state index < -0.39 is 0 Å². The van der Waals surface area contributed by atoms with Gasteiger partial charge in [0.1, 0.15) is 6.33 Å². The van der Waals surface area contributed by atoms with Gasteiger partial charge in [0.05, 0.1) is 5.69 Å². The minimum absolute atomic E-state index is 0.572. The SMILES string of the molecule is Cc1ncnc([S-])c1Br. The molecular formula is C5H4BrN2S-. The van der Waals surface area contributed by atoms with Gasteiger partial charge >= 0.3 is 0 Å². The van der Waals surface area contributed by atoms with Gasteiger partial charge in [0, 0.05) is 4.47 Å². The zero-order valence-corrected chi connectivity index (χ0v) is 7.16. The molecule has 0 aliphatic carbocycles. The molecule has 0 aliphatic heterocycles. The summed E-state index contributed by atoms with van der Waals surface area (Å²) in [5, 5.41) is 0.572. The van der Waals surface area contributed by atoms with Crippen LogP contribution in [0.1, 0.15) is 5.69 Å². The van der Waals surface area contributed by atoms with Crippen molar-refractivity contribution in [3.63, 3.8) is 0 Å². The van der Waals surface area contributed by atoms with Gasteiger partial charge in [0.15, 0.2) is 0 Å². The highest BCUT2D eigenvalue weighted by Gasteiger charge is 1.91. The Morgan fingerprint density at radius 2 is 2.22 bits per heavy atom. The minimum Gasteiger partial charge on any atom is -0.759 e. The largest absolute Gasteiger partial charge is 0.759 e. The first-order valence-corrected chi connectivity index (χ1v) is 3.56. The molecule has 1 aromatic heterocycles. The lowest BCUT2D eigenvalue weighted by atomic mass is 10.5. The minimum atomic E-state index is 0.572. The van der Waals surface area contributed by atoms with E-state index in [1.54, 1.807) is 0 Å². The van der Waals surface area contributed by atoms with Crippen LogP contribution in [0.3, 0.4) is 0 Å². The van der Waals surface area contributed by atoms with Gasteiger partial charge in [-0.05, 0) is 22.9 Å². The fourth-order valence-corrected chi connectivity index (χ4v) is 0.836. The molecule has 0 N–H and O–H groups in total. The van der Waals surface area contributed by atoms with Gasteiger partial charge in [0.25, 0.3) is 0 Å². The monoisotopic (exact) mass is 203 g/mol. The lowest BCUT2D eigenvalue weighted by Crippen LogP contribution is -1.88. The van der Waals surface area contributed by atoms with Crippen LogP contribution in [0.4, 0.5) is 0 Å². The van der Waals surface area contributed by atoms with E-state index in [0.29, 0.717) is 5.03 Å². The summed E-state index contributed by atoms with van der Waals surface area (Å²) < 4.78 is 0.819. The summed E-state index contributed by atoms with van der Waals surface area (Å²) in [4.78, 5) is 7.71. The van der Waals surface area contributed by atoms with Crippen LogP contribution in [0.5, 0.6) is 0 Å². The molecule has 0 spiro atoms. The lowest BCUT2D eigenvalue weighted by molar-refractivity contribution is 0.987. The molecule has 48 valence electrons. The standard InChI is InChI=1S/C5H5BrN2S/c1-3-4(6)5(9)8-2-7-3/h2H,1H3,(H,7,8,9)/p-1. The van der Waals surface area contributed by atoms with Crippen molar-refractivity contribution >= 4 is 28.6 Å². The topological polar surface area (TPSA) is 25.8 Å². The Kier molecular flexibility index (Phi) is 1.97. The maximum absolute atomic E-state index is 4.84. The van der Waals surface area contributed by atoms with E-state index in [9.17, 15) is 0 Å². The quantitative estimate of drug-likeness (QED) is 0.472. The molecular weight excluding hydrogens is 200 g/mol. The third-order valence-corrected chi connectivity index (χ3v) is 2.45. The zero-order valence-electron chi connectivity index (χ0n) is 4.76. The second kappa shape index (κ2) is 2.58. The highest BCUT2D eigenvalue weighted by atomic mass is 79.9. The van der Waals surface area contributed by atoms with Crippen LogP contribution in [0.15, 0.2) is 15.8 Å². The van der Waals surface area contributed by atoms with Crippen molar-refractivity contribution in [2.24, 2.45) is 0 Å². The summed E-state index contributed by atoms with van der Waals surface area (Å²) in [7, 11) is 0. The Morgan fingerprint density at radius 3 is 2.67 bits per heavy atom. The summed E-state index contributed by atoms with van der Waals surface area (Å²) in [5.41, 5.74) is 0.884. The van der Waals surface area contributed by atoms with E-state index in [0.717, 1.165) is 10.2 Å². The van der Waals surface area contributed by atoms with Crippen LogP contribution < -0.4 is 0 Å². The van der Waals surface area contributed by atoms with Crippen molar-refractivity contribution in [3.05, 3.63) is 16.5 Å². The van der Waals surface area contributed by atoms with Crippen molar-refractivity contribution in [2.45, 2.75) is 11.9 Å². The number of nitrogens with zero attached hydrogens (tertiary/aromatic N) is 2. The van der Waals surface area contributed by atoms with Gasteiger partial charge in [0.2, 0.25) is 0 Å². The molecule has 0 fully saturated rings. The molecule has 4 heteroatoms. The number of aromatic nitrogens is 2. The van der Waals surface area contributed by atoms with Crippen LogP contribution in [0.25, 0.3) is 0 Å². The molecule has 0 amide bonds. The second-order valence-corrected chi connectivity index (χ2v) is 2.76. The molecule has 0 atom stereocenters. The predicted octanol–water partition coefficient (Wildman–Crippen LogP) is 1.45. The van der Waals surface area contributed by atoms with Gasteiger partial charge in [-0.3, -0.25) is 4.98 Å². The molecule has 0 aliphatic rings. The fourth-order valence-electron chi connectivity index (χ4n) is 0.436. The molecule has 0 aromatic carbocycles. The van der Waals surface area contributed by atoms with Gasteiger partial charge in [-0.25, -0.2) is 4.98 Å². The first-order chi connectivity index (χ1) is 4.22. The molecule has 0 saturated carbocycles. The Labute approximate surface area is 67.3 Å². The highest BCUT2D eigenvalue weighted by molar-refractivity contribution is 9.10.